The largest absolute Gasteiger partial charge is 0.391 e. The van der Waals surface area contributed by atoms with Gasteiger partial charge in [0.2, 0.25) is 11.8 Å². The Hall–Kier alpha value is -2.58. The number of aliphatic hydroxyl groups excluding tert-OH is 1. The zero-order valence-corrected chi connectivity index (χ0v) is 22.1. The lowest BCUT2D eigenvalue weighted by atomic mass is 9.98. The van der Waals surface area contributed by atoms with E-state index in [1.807, 2.05) is 64.4 Å². The highest BCUT2D eigenvalue weighted by Crippen LogP contribution is 2.28. The van der Waals surface area contributed by atoms with Gasteiger partial charge in [0.05, 0.1) is 28.2 Å². The standard InChI is InChI=1S/C27H37N3O4S/c1-16(2)12-24(33)29-25(17(3)4)27(34)30-14-21(31)13-22(30)23(32)11-8-19-6-9-20(10-7-19)26-18(5)28-15-35-26/h6-7,9-10,15-17,21-22,25,31H,8,11-14H2,1-5H3,(H,29,33)/t21-,22+,25+/m1/s1. The number of ketones is 1. The van der Waals surface area contributed by atoms with Gasteiger partial charge in [-0.05, 0) is 36.3 Å². The number of nitrogens with one attached hydrogen (secondary N) is 1. The summed E-state index contributed by atoms with van der Waals surface area (Å²) in [6.07, 6.45) is 0.677. The first-order chi connectivity index (χ1) is 16.6. The van der Waals surface area contributed by atoms with E-state index in [2.05, 4.69) is 10.3 Å². The van der Waals surface area contributed by atoms with Crippen molar-refractivity contribution in [3.63, 3.8) is 0 Å². The summed E-state index contributed by atoms with van der Waals surface area (Å²) in [5.74, 6) is -0.482. The molecule has 0 aliphatic carbocycles. The third kappa shape index (κ3) is 6.98. The van der Waals surface area contributed by atoms with Crippen LogP contribution < -0.4 is 5.32 Å². The van der Waals surface area contributed by atoms with Gasteiger partial charge in [-0.2, -0.15) is 0 Å². The zero-order valence-electron chi connectivity index (χ0n) is 21.3. The molecular weight excluding hydrogens is 462 g/mol. The number of thiazole rings is 1. The predicted octanol–water partition coefficient (Wildman–Crippen LogP) is 3.77. The van der Waals surface area contributed by atoms with Crippen LogP contribution in [0.2, 0.25) is 0 Å². The second kappa shape index (κ2) is 11.9. The Labute approximate surface area is 212 Å². The van der Waals surface area contributed by atoms with Crippen LogP contribution in [0, 0.1) is 18.8 Å². The second-order valence-electron chi connectivity index (χ2n) is 10.2. The summed E-state index contributed by atoms with van der Waals surface area (Å²) in [5, 5.41) is 13.1. The molecule has 2 amide bonds. The second-order valence-corrected chi connectivity index (χ2v) is 11.1. The average molecular weight is 500 g/mol. The highest BCUT2D eigenvalue weighted by molar-refractivity contribution is 7.13. The van der Waals surface area contributed by atoms with E-state index in [0.717, 1.165) is 21.7 Å². The van der Waals surface area contributed by atoms with Gasteiger partial charge in [0.25, 0.3) is 0 Å². The van der Waals surface area contributed by atoms with Gasteiger partial charge in [-0.15, -0.1) is 11.3 Å². The molecule has 0 radical (unpaired) electrons. The van der Waals surface area contributed by atoms with E-state index < -0.39 is 18.2 Å². The first-order valence-electron chi connectivity index (χ1n) is 12.4. The van der Waals surface area contributed by atoms with Gasteiger partial charge < -0.3 is 15.3 Å². The van der Waals surface area contributed by atoms with E-state index in [1.165, 1.54) is 4.90 Å². The summed E-state index contributed by atoms with van der Waals surface area (Å²) in [6.45, 7) is 9.75. The molecule has 1 aliphatic rings. The minimum Gasteiger partial charge on any atom is -0.391 e. The molecule has 7 nitrogen and oxygen atoms in total. The fraction of sp³-hybridized carbons (Fsp3) is 0.556. The minimum absolute atomic E-state index is 0.0618. The van der Waals surface area contributed by atoms with Crippen molar-refractivity contribution in [2.75, 3.05) is 6.54 Å². The molecule has 0 spiro atoms. The minimum atomic E-state index is -0.742. The van der Waals surface area contributed by atoms with Crippen molar-refractivity contribution >= 4 is 28.9 Å². The number of aliphatic hydroxyl groups is 1. The van der Waals surface area contributed by atoms with Gasteiger partial charge in [-0.3, -0.25) is 14.4 Å². The number of benzene rings is 1. The van der Waals surface area contributed by atoms with Crippen LogP contribution in [-0.2, 0) is 20.8 Å². The Morgan fingerprint density at radius 2 is 1.86 bits per heavy atom. The van der Waals surface area contributed by atoms with Crippen molar-refractivity contribution in [2.24, 2.45) is 11.8 Å². The summed E-state index contributed by atoms with van der Waals surface area (Å²) in [5.41, 5.74) is 4.99. The number of nitrogens with zero attached hydrogens (tertiary/aromatic N) is 2. The topological polar surface area (TPSA) is 99.6 Å². The molecule has 3 atom stereocenters. The Kier molecular flexibility index (Phi) is 9.19. The summed E-state index contributed by atoms with van der Waals surface area (Å²) < 4.78 is 0. The van der Waals surface area contributed by atoms with E-state index >= 15 is 0 Å². The first kappa shape index (κ1) is 27.0. The highest BCUT2D eigenvalue weighted by atomic mass is 32.1. The molecule has 35 heavy (non-hydrogen) atoms. The maximum Gasteiger partial charge on any atom is 0.246 e. The molecule has 190 valence electrons. The molecule has 8 heteroatoms. The van der Waals surface area contributed by atoms with Crippen molar-refractivity contribution in [3.8, 4) is 10.4 Å². The smallest absolute Gasteiger partial charge is 0.246 e. The number of carbonyl (C=O) groups excluding carboxylic acids is 3. The van der Waals surface area contributed by atoms with E-state index in [9.17, 15) is 19.5 Å². The number of amides is 2. The highest BCUT2D eigenvalue weighted by Gasteiger charge is 2.41. The molecule has 1 saturated heterocycles. The number of hydrogen-bond donors (Lipinski definition) is 2. The van der Waals surface area contributed by atoms with Crippen LogP contribution in [0.3, 0.4) is 0 Å². The molecule has 0 bridgehead atoms. The molecule has 1 fully saturated rings. The molecule has 1 aromatic heterocycles. The number of carbonyl (C=O) groups is 3. The number of hydrogen-bond acceptors (Lipinski definition) is 6. The number of likely N-dealkylation sites (tertiary alicyclic amines) is 1. The van der Waals surface area contributed by atoms with Gasteiger partial charge in [0.15, 0.2) is 5.78 Å². The van der Waals surface area contributed by atoms with Crippen LogP contribution in [0.4, 0.5) is 0 Å². The van der Waals surface area contributed by atoms with E-state index in [0.29, 0.717) is 12.8 Å². The Bertz CT molecular complexity index is 1030. The predicted molar refractivity (Wildman–Crippen MR) is 138 cm³/mol. The van der Waals surface area contributed by atoms with Crippen molar-refractivity contribution < 1.29 is 19.5 Å². The van der Waals surface area contributed by atoms with Crippen LogP contribution in [0.1, 0.15) is 58.2 Å². The maximum atomic E-state index is 13.4. The lowest BCUT2D eigenvalue weighted by molar-refractivity contribution is -0.142. The van der Waals surface area contributed by atoms with E-state index in [4.69, 9.17) is 0 Å². The molecule has 3 rings (SSSR count). The van der Waals surface area contributed by atoms with Crippen LogP contribution in [-0.4, -0.2) is 57.3 Å². The monoisotopic (exact) mass is 499 g/mol. The Morgan fingerprint density at radius 1 is 1.17 bits per heavy atom. The molecule has 1 aliphatic heterocycles. The van der Waals surface area contributed by atoms with E-state index in [-0.39, 0.29) is 48.8 Å². The van der Waals surface area contributed by atoms with Gasteiger partial charge in [-0.1, -0.05) is 52.0 Å². The Balaban J connectivity index is 1.64. The third-order valence-electron chi connectivity index (χ3n) is 6.40. The number of aryl methyl sites for hydroxylation is 2. The normalized spacial score (nSPS) is 18.8. The molecule has 0 unspecified atom stereocenters. The lowest BCUT2D eigenvalue weighted by Crippen LogP contribution is -2.54. The molecule has 0 saturated carbocycles. The van der Waals surface area contributed by atoms with Crippen LogP contribution in [0.15, 0.2) is 29.8 Å². The van der Waals surface area contributed by atoms with Crippen molar-refractivity contribution in [1.29, 1.82) is 0 Å². The van der Waals surface area contributed by atoms with Crippen LogP contribution >= 0.6 is 11.3 Å². The first-order valence-corrected chi connectivity index (χ1v) is 13.2. The van der Waals surface area contributed by atoms with Crippen LogP contribution in [0.25, 0.3) is 10.4 Å². The summed E-state index contributed by atoms with van der Waals surface area (Å²) in [7, 11) is 0. The van der Waals surface area contributed by atoms with Gasteiger partial charge in [0.1, 0.15) is 6.04 Å². The zero-order chi connectivity index (χ0) is 25.7. The fourth-order valence-corrected chi connectivity index (χ4v) is 5.31. The van der Waals surface area contributed by atoms with Crippen molar-refractivity contribution in [3.05, 3.63) is 41.0 Å². The molecule has 2 aromatic rings. The lowest BCUT2D eigenvalue weighted by Gasteiger charge is -2.30. The third-order valence-corrected chi connectivity index (χ3v) is 7.38. The molecule has 2 N–H and O–H groups in total. The average Bonchev–Trinajstić information content (AvgIpc) is 3.40. The van der Waals surface area contributed by atoms with Gasteiger partial charge >= 0.3 is 0 Å². The molecular formula is C27H37N3O4S. The summed E-state index contributed by atoms with van der Waals surface area (Å²) in [4.78, 5) is 45.8. The van der Waals surface area contributed by atoms with Crippen LogP contribution in [0.5, 0.6) is 0 Å². The number of rotatable bonds is 10. The molecule has 1 aromatic carbocycles. The maximum absolute atomic E-state index is 13.4. The van der Waals surface area contributed by atoms with Crippen molar-refractivity contribution in [1.82, 2.24) is 15.2 Å². The van der Waals surface area contributed by atoms with Gasteiger partial charge in [-0.25, -0.2) is 4.98 Å². The van der Waals surface area contributed by atoms with E-state index in [1.54, 1.807) is 11.3 Å². The SMILES string of the molecule is Cc1ncsc1-c1ccc(CCC(=O)[C@@H]2C[C@@H](O)CN2C(=O)[C@@H](NC(=O)CC(C)C)C(C)C)cc1. The molecule has 2 heterocycles. The number of aromatic nitrogens is 1. The Morgan fingerprint density at radius 3 is 2.43 bits per heavy atom. The van der Waals surface area contributed by atoms with Gasteiger partial charge in [0, 0.05) is 25.8 Å². The summed E-state index contributed by atoms with van der Waals surface area (Å²) >= 11 is 1.60. The summed E-state index contributed by atoms with van der Waals surface area (Å²) in [6, 6.07) is 6.75. The number of Topliss-reactive ketones (excluding diaryl/α,β-unsaturated/α-hetero) is 1. The van der Waals surface area contributed by atoms with Crippen molar-refractivity contribution in [2.45, 2.75) is 78.5 Å². The fourth-order valence-electron chi connectivity index (χ4n) is 4.49. The number of β-amino-alcohol motifs (C(OH)–C–C–N with tert-alkyl or cyclic N) is 1. The quantitative estimate of drug-likeness (QED) is 0.518.